The smallest absolute Gasteiger partial charge is 0.338 e. The largest absolute Gasteiger partial charge is 0.462 e. The lowest BCUT2D eigenvalue weighted by molar-refractivity contribution is -0.139. The van der Waals surface area contributed by atoms with E-state index in [1.807, 2.05) is 31.2 Å². The number of rotatable bonds is 6. The molecule has 2 rings (SSSR count). The number of carbonyl (C=O) groups is 2. The monoisotopic (exact) mass is 316 g/mol. The maximum atomic E-state index is 12.4. The number of unbranched alkanes of at least 4 members (excludes halogenated alkanes) is 1. The highest BCUT2D eigenvalue weighted by Gasteiger charge is 2.32. The predicted octanol–water partition coefficient (Wildman–Crippen LogP) is 3.22. The van der Waals surface area contributed by atoms with E-state index in [9.17, 15) is 9.59 Å². The molecular formula is C18H24N2O3. The molecule has 1 aromatic carbocycles. The minimum absolute atomic E-state index is 0.308. The van der Waals surface area contributed by atoms with Crippen molar-refractivity contribution in [2.45, 2.75) is 46.1 Å². The molecule has 0 fully saturated rings. The molecule has 0 saturated carbocycles. The molecule has 2 N–H and O–H groups in total. The highest BCUT2D eigenvalue weighted by molar-refractivity contribution is 5.95. The number of aryl methyl sites for hydroxylation is 1. The molecule has 0 aliphatic carbocycles. The average molecular weight is 316 g/mol. The van der Waals surface area contributed by atoms with Crippen LogP contribution in [0.1, 0.15) is 50.8 Å². The molecular weight excluding hydrogens is 292 g/mol. The van der Waals surface area contributed by atoms with Crippen molar-refractivity contribution in [2.24, 2.45) is 0 Å². The third kappa shape index (κ3) is 4.12. The molecule has 0 radical (unpaired) electrons. The normalized spacial score (nSPS) is 17.5. The Labute approximate surface area is 137 Å². The van der Waals surface area contributed by atoms with Gasteiger partial charge in [-0.3, -0.25) is 0 Å². The van der Waals surface area contributed by atoms with Crippen molar-refractivity contribution in [2.75, 3.05) is 6.61 Å². The van der Waals surface area contributed by atoms with Crippen LogP contribution in [0.5, 0.6) is 0 Å². The molecule has 5 heteroatoms. The summed E-state index contributed by atoms with van der Waals surface area (Å²) < 4.78 is 5.34. The number of nitrogens with one attached hydrogen (secondary N) is 2. The maximum absolute atomic E-state index is 12.4. The van der Waals surface area contributed by atoms with Gasteiger partial charge in [-0.2, -0.15) is 0 Å². The Bertz CT molecular complexity index is 605. The van der Waals surface area contributed by atoms with E-state index >= 15 is 0 Å². The lowest BCUT2D eigenvalue weighted by Crippen LogP contribution is -2.45. The van der Waals surface area contributed by atoms with Crippen LogP contribution in [-0.4, -0.2) is 18.6 Å². The summed E-state index contributed by atoms with van der Waals surface area (Å²) in [5, 5.41) is 5.46. The zero-order valence-electron chi connectivity index (χ0n) is 13.9. The second kappa shape index (κ2) is 7.81. The summed E-state index contributed by atoms with van der Waals surface area (Å²) in [5.41, 5.74) is 3.09. The highest BCUT2D eigenvalue weighted by atomic mass is 16.5. The molecule has 0 spiro atoms. The Balaban J connectivity index is 2.27. The van der Waals surface area contributed by atoms with Gasteiger partial charge in [-0.1, -0.05) is 44.5 Å². The molecule has 1 aliphatic heterocycles. The second-order valence-corrected chi connectivity index (χ2v) is 5.65. The molecule has 124 valence electrons. The van der Waals surface area contributed by atoms with Gasteiger partial charge in [-0.15, -0.1) is 0 Å². The second-order valence-electron chi connectivity index (χ2n) is 5.65. The van der Waals surface area contributed by atoms with Gasteiger partial charge in [0.05, 0.1) is 18.2 Å². The molecule has 1 atom stereocenters. The van der Waals surface area contributed by atoms with Crippen LogP contribution in [0.25, 0.3) is 0 Å². The number of benzene rings is 1. The quantitative estimate of drug-likeness (QED) is 0.625. The van der Waals surface area contributed by atoms with Gasteiger partial charge < -0.3 is 15.4 Å². The van der Waals surface area contributed by atoms with E-state index in [1.54, 1.807) is 6.92 Å². The molecule has 0 bridgehead atoms. The van der Waals surface area contributed by atoms with E-state index in [0.29, 0.717) is 17.9 Å². The van der Waals surface area contributed by atoms with Crippen LogP contribution in [0, 0.1) is 0 Å². The van der Waals surface area contributed by atoms with Gasteiger partial charge in [-0.25, -0.2) is 9.59 Å². The number of allylic oxidation sites excluding steroid dienone is 1. The number of hydrogen-bond donors (Lipinski definition) is 2. The molecule has 2 amide bonds. The number of ether oxygens (including phenoxy) is 1. The first-order valence-electron chi connectivity index (χ1n) is 8.11. The van der Waals surface area contributed by atoms with Gasteiger partial charge >= 0.3 is 12.0 Å². The van der Waals surface area contributed by atoms with Crippen molar-refractivity contribution < 1.29 is 14.3 Å². The number of urea groups is 1. The lowest BCUT2D eigenvalue weighted by atomic mass is 9.94. The van der Waals surface area contributed by atoms with Gasteiger partial charge in [-0.05, 0) is 30.9 Å². The average Bonchev–Trinajstić information content (AvgIpc) is 2.54. The third-order valence-corrected chi connectivity index (χ3v) is 3.94. The molecule has 0 saturated heterocycles. The van der Waals surface area contributed by atoms with E-state index in [2.05, 4.69) is 17.6 Å². The zero-order chi connectivity index (χ0) is 16.8. The summed E-state index contributed by atoms with van der Waals surface area (Å²) >= 11 is 0. The van der Waals surface area contributed by atoms with Crippen molar-refractivity contribution >= 4 is 12.0 Å². The summed E-state index contributed by atoms with van der Waals surface area (Å²) in [6.45, 7) is 6.24. The molecule has 1 heterocycles. The third-order valence-electron chi connectivity index (χ3n) is 3.94. The van der Waals surface area contributed by atoms with Crippen molar-refractivity contribution in [3.63, 3.8) is 0 Å². The number of carbonyl (C=O) groups excluding carboxylic acids is 2. The summed E-state index contributed by atoms with van der Waals surface area (Å²) in [7, 11) is 0. The molecule has 0 unspecified atom stereocenters. The van der Waals surface area contributed by atoms with Crippen LogP contribution >= 0.6 is 0 Å². The topological polar surface area (TPSA) is 67.4 Å². The van der Waals surface area contributed by atoms with Gasteiger partial charge in [0, 0.05) is 5.70 Å². The first-order valence-corrected chi connectivity index (χ1v) is 8.11. The molecule has 5 nitrogen and oxygen atoms in total. The van der Waals surface area contributed by atoms with Crippen LogP contribution in [0.3, 0.4) is 0 Å². The first kappa shape index (κ1) is 17.1. The molecule has 23 heavy (non-hydrogen) atoms. The van der Waals surface area contributed by atoms with Crippen molar-refractivity contribution in [1.82, 2.24) is 10.6 Å². The van der Waals surface area contributed by atoms with E-state index in [4.69, 9.17) is 4.74 Å². The summed E-state index contributed by atoms with van der Waals surface area (Å²) in [6.07, 6.45) is 2.73. The minimum atomic E-state index is -0.483. The van der Waals surface area contributed by atoms with Gasteiger partial charge in [0.1, 0.15) is 0 Å². The lowest BCUT2D eigenvalue weighted by Gasteiger charge is -2.28. The number of esters is 1. The zero-order valence-corrected chi connectivity index (χ0v) is 13.9. The van der Waals surface area contributed by atoms with E-state index < -0.39 is 6.04 Å². The minimum Gasteiger partial charge on any atom is -0.462 e. The Kier molecular flexibility index (Phi) is 5.79. The summed E-state index contributed by atoms with van der Waals surface area (Å²) in [6, 6.07) is 7.13. The molecule has 1 aromatic rings. The Morgan fingerprint density at radius 3 is 2.52 bits per heavy atom. The highest BCUT2D eigenvalue weighted by Crippen LogP contribution is 2.27. The SMILES string of the molecule is CCCCOC(=O)C1=C(C)NC(=O)N[C@@H]1c1ccc(CC)cc1. The maximum Gasteiger partial charge on any atom is 0.338 e. The fourth-order valence-corrected chi connectivity index (χ4v) is 2.55. The van der Waals surface area contributed by atoms with Crippen LogP contribution in [0.4, 0.5) is 4.79 Å². The van der Waals surface area contributed by atoms with Crippen molar-refractivity contribution in [1.29, 1.82) is 0 Å². The van der Waals surface area contributed by atoms with Crippen LogP contribution in [0.2, 0.25) is 0 Å². The number of hydrogen-bond acceptors (Lipinski definition) is 3. The van der Waals surface area contributed by atoms with Gasteiger partial charge in [0.2, 0.25) is 0 Å². The van der Waals surface area contributed by atoms with Crippen LogP contribution < -0.4 is 10.6 Å². The fourth-order valence-electron chi connectivity index (χ4n) is 2.55. The van der Waals surface area contributed by atoms with E-state index in [0.717, 1.165) is 24.8 Å². The predicted molar refractivity (Wildman–Crippen MR) is 88.8 cm³/mol. The Hall–Kier alpha value is -2.30. The number of amides is 2. The van der Waals surface area contributed by atoms with Gasteiger partial charge in [0.25, 0.3) is 0 Å². The Morgan fingerprint density at radius 1 is 1.22 bits per heavy atom. The first-order chi connectivity index (χ1) is 11.1. The fraction of sp³-hybridized carbons (Fsp3) is 0.444. The Morgan fingerprint density at radius 2 is 1.91 bits per heavy atom. The summed E-state index contributed by atoms with van der Waals surface area (Å²) in [5.74, 6) is -0.381. The van der Waals surface area contributed by atoms with Crippen LogP contribution in [-0.2, 0) is 16.0 Å². The standard InChI is InChI=1S/C18H24N2O3/c1-4-6-11-23-17(21)15-12(3)19-18(22)20-16(15)14-9-7-13(5-2)8-10-14/h7-10,16H,4-6,11H2,1-3H3,(H2,19,20,22)/t16-/m1/s1. The molecule has 0 aromatic heterocycles. The van der Waals surface area contributed by atoms with Crippen molar-refractivity contribution in [3.8, 4) is 0 Å². The van der Waals surface area contributed by atoms with E-state index in [1.165, 1.54) is 5.56 Å². The van der Waals surface area contributed by atoms with Gasteiger partial charge in [0.15, 0.2) is 0 Å². The van der Waals surface area contributed by atoms with Crippen molar-refractivity contribution in [3.05, 3.63) is 46.7 Å². The van der Waals surface area contributed by atoms with E-state index in [-0.39, 0.29) is 12.0 Å². The summed E-state index contributed by atoms with van der Waals surface area (Å²) in [4.78, 5) is 24.2. The molecule has 1 aliphatic rings. The van der Waals surface area contributed by atoms with Crippen LogP contribution in [0.15, 0.2) is 35.5 Å².